The fraction of sp³-hybridized carbons (Fsp3) is 0.429. The smallest absolute Gasteiger partial charge is 0.337 e. The molecule has 1 fully saturated rings. The van der Waals surface area contributed by atoms with Crippen molar-refractivity contribution in [2.24, 2.45) is 0 Å². The minimum atomic E-state index is -0.432. The lowest BCUT2D eigenvalue weighted by Crippen LogP contribution is -2.30. The molecule has 1 saturated heterocycles. The molecule has 2 rings (SSSR count). The van der Waals surface area contributed by atoms with Crippen LogP contribution in [-0.2, 0) is 9.53 Å². The second-order valence-corrected chi connectivity index (χ2v) is 4.47. The van der Waals surface area contributed by atoms with Gasteiger partial charge in [-0.15, -0.1) is 0 Å². The van der Waals surface area contributed by atoms with E-state index in [1.807, 2.05) is 0 Å². The fourth-order valence-electron chi connectivity index (χ4n) is 2.02. The van der Waals surface area contributed by atoms with E-state index in [4.69, 9.17) is 9.47 Å². The number of methoxy groups -OCH3 is 2. The third-order valence-corrected chi connectivity index (χ3v) is 3.11. The maximum atomic E-state index is 11.4. The summed E-state index contributed by atoms with van der Waals surface area (Å²) in [4.78, 5) is 22.5. The molecule has 1 unspecified atom stereocenters. The quantitative estimate of drug-likeness (QED) is 0.818. The molecule has 0 aliphatic carbocycles. The number of carbonyl (C=O) groups is 2. The number of amides is 1. The van der Waals surface area contributed by atoms with Crippen molar-refractivity contribution in [2.45, 2.75) is 18.9 Å². The molecule has 6 nitrogen and oxygen atoms in total. The van der Waals surface area contributed by atoms with Crippen LogP contribution in [0.3, 0.4) is 0 Å². The summed E-state index contributed by atoms with van der Waals surface area (Å²) in [6, 6.07) is 4.85. The molecular weight excluding hydrogens is 262 g/mol. The summed E-state index contributed by atoms with van der Waals surface area (Å²) >= 11 is 0. The van der Waals surface area contributed by atoms with Gasteiger partial charge in [0.15, 0.2) is 11.5 Å². The van der Waals surface area contributed by atoms with Gasteiger partial charge in [0.05, 0.1) is 25.8 Å². The highest BCUT2D eigenvalue weighted by molar-refractivity contribution is 5.90. The molecule has 6 heteroatoms. The van der Waals surface area contributed by atoms with Gasteiger partial charge in [-0.25, -0.2) is 4.79 Å². The van der Waals surface area contributed by atoms with Crippen LogP contribution in [0.4, 0.5) is 0 Å². The van der Waals surface area contributed by atoms with Gasteiger partial charge in [-0.05, 0) is 24.6 Å². The molecule has 1 aromatic carbocycles. The van der Waals surface area contributed by atoms with Crippen LogP contribution >= 0.6 is 0 Å². The second kappa shape index (κ2) is 6.27. The molecule has 0 saturated carbocycles. The molecule has 20 heavy (non-hydrogen) atoms. The van der Waals surface area contributed by atoms with E-state index in [2.05, 4.69) is 10.1 Å². The van der Waals surface area contributed by atoms with E-state index in [9.17, 15) is 9.59 Å². The highest BCUT2D eigenvalue weighted by Crippen LogP contribution is 2.28. The van der Waals surface area contributed by atoms with E-state index in [1.165, 1.54) is 14.2 Å². The molecule has 0 aromatic heterocycles. The Bertz CT molecular complexity index is 514. The van der Waals surface area contributed by atoms with E-state index in [0.717, 1.165) is 6.42 Å². The van der Waals surface area contributed by atoms with E-state index in [-0.39, 0.29) is 11.9 Å². The Balaban J connectivity index is 2.03. The normalized spacial score (nSPS) is 17.5. The molecule has 0 bridgehead atoms. The average molecular weight is 279 g/mol. The number of nitrogens with one attached hydrogen (secondary N) is 1. The van der Waals surface area contributed by atoms with Crippen LogP contribution in [0.15, 0.2) is 18.2 Å². The van der Waals surface area contributed by atoms with Crippen LogP contribution in [-0.4, -0.2) is 38.7 Å². The number of hydrogen-bond donors (Lipinski definition) is 1. The van der Waals surface area contributed by atoms with E-state index < -0.39 is 5.97 Å². The first-order valence-corrected chi connectivity index (χ1v) is 6.32. The highest BCUT2D eigenvalue weighted by Gasteiger charge is 2.21. The van der Waals surface area contributed by atoms with Gasteiger partial charge in [0, 0.05) is 6.42 Å². The van der Waals surface area contributed by atoms with Gasteiger partial charge < -0.3 is 19.5 Å². The predicted octanol–water partition coefficient (Wildman–Crippen LogP) is 1.14. The maximum absolute atomic E-state index is 11.4. The molecule has 1 atom stereocenters. The summed E-state index contributed by atoms with van der Waals surface area (Å²) in [5, 5.41) is 2.82. The lowest BCUT2D eigenvalue weighted by molar-refractivity contribution is -0.119. The van der Waals surface area contributed by atoms with Crippen molar-refractivity contribution in [3.05, 3.63) is 23.8 Å². The number of carbonyl (C=O) groups excluding carboxylic acids is 2. The molecule has 0 spiro atoms. The number of ether oxygens (including phenoxy) is 3. The summed E-state index contributed by atoms with van der Waals surface area (Å²) in [5.74, 6) is 0.600. The number of hydrogen-bond acceptors (Lipinski definition) is 5. The minimum absolute atomic E-state index is 0.0208. The Hall–Kier alpha value is -2.24. The Labute approximate surface area is 117 Å². The zero-order valence-corrected chi connectivity index (χ0v) is 11.5. The summed E-state index contributed by atoms with van der Waals surface area (Å²) in [5.41, 5.74) is 0.394. The number of benzene rings is 1. The zero-order chi connectivity index (χ0) is 14.5. The lowest BCUT2D eigenvalue weighted by atomic mass is 10.2. The third-order valence-electron chi connectivity index (χ3n) is 3.11. The first kappa shape index (κ1) is 14.2. The Kier molecular flexibility index (Phi) is 4.45. The van der Waals surface area contributed by atoms with Crippen LogP contribution in [0.25, 0.3) is 0 Å². The summed E-state index contributed by atoms with van der Waals surface area (Å²) in [6.07, 6.45) is 1.30. The SMILES string of the molecule is COC(=O)c1ccc(OCC2CCC(=O)N2)c(OC)c1. The number of esters is 1. The van der Waals surface area contributed by atoms with Crippen molar-refractivity contribution in [1.82, 2.24) is 5.32 Å². The molecule has 1 aliphatic heterocycles. The van der Waals surface area contributed by atoms with E-state index in [0.29, 0.717) is 30.1 Å². The van der Waals surface area contributed by atoms with Gasteiger partial charge in [-0.1, -0.05) is 0 Å². The molecule has 0 radical (unpaired) electrons. The number of rotatable bonds is 5. The largest absolute Gasteiger partial charge is 0.493 e. The predicted molar refractivity (Wildman–Crippen MR) is 71.0 cm³/mol. The highest BCUT2D eigenvalue weighted by atomic mass is 16.5. The molecule has 1 aliphatic rings. The minimum Gasteiger partial charge on any atom is -0.493 e. The van der Waals surface area contributed by atoms with Crippen LogP contribution in [0.1, 0.15) is 23.2 Å². The molecule has 1 aromatic rings. The molecular formula is C14H17NO5. The van der Waals surface area contributed by atoms with Crippen LogP contribution in [0.2, 0.25) is 0 Å². The van der Waals surface area contributed by atoms with Gasteiger partial charge >= 0.3 is 5.97 Å². The van der Waals surface area contributed by atoms with Gasteiger partial charge in [-0.2, -0.15) is 0 Å². The maximum Gasteiger partial charge on any atom is 0.337 e. The van der Waals surface area contributed by atoms with Crippen LogP contribution in [0.5, 0.6) is 11.5 Å². The average Bonchev–Trinajstić information content (AvgIpc) is 2.89. The van der Waals surface area contributed by atoms with Gasteiger partial charge in [0.25, 0.3) is 0 Å². The first-order chi connectivity index (χ1) is 9.63. The molecule has 108 valence electrons. The molecule has 1 amide bonds. The van der Waals surface area contributed by atoms with E-state index >= 15 is 0 Å². The summed E-state index contributed by atoms with van der Waals surface area (Å²) in [7, 11) is 2.82. The topological polar surface area (TPSA) is 73.9 Å². The second-order valence-electron chi connectivity index (χ2n) is 4.47. The molecule has 1 N–H and O–H groups in total. The van der Waals surface area contributed by atoms with Crippen LogP contribution in [0, 0.1) is 0 Å². The fourth-order valence-corrected chi connectivity index (χ4v) is 2.02. The standard InChI is InChI=1S/C14H17NO5/c1-18-12-7-9(14(17)19-2)3-5-11(12)20-8-10-4-6-13(16)15-10/h3,5,7,10H,4,6,8H2,1-2H3,(H,15,16). The summed E-state index contributed by atoms with van der Waals surface area (Å²) in [6.45, 7) is 0.375. The van der Waals surface area contributed by atoms with Crippen molar-refractivity contribution in [3.63, 3.8) is 0 Å². The van der Waals surface area contributed by atoms with Crippen molar-refractivity contribution in [1.29, 1.82) is 0 Å². The third kappa shape index (κ3) is 3.20. The summed E-state index contributed by atoms with van der Waals surface area (Å²) < 4.78 is 15.5. The first-order valence-electron chi connectivity index (χ1n) is 6.32. The van der Waals surface area contributed by atoms with Crippen LogP contribution < -0.4 is 14.8 Å². The Morgan fingerprint density at radius 3 is 2.75 bits per heavy atom. The zero-order valence-electron chi connectivity index (χ0n) is 11.5. The van der Waals surface area contributed by atoms with Crippen molar-refractivity contribution < 1.29 is 23.8 Å². The monoisotopic (exact) mass is 279 g/mol. The molecule has 1 heterocycles. The Morgan fingerprint density at radius 1 is 1.35 bits per heavy atom. The van der Waals surface area contributed by atoms with Gasteiger partial charge in [-0.3, -0.25) is 4.79 Å². The van der Waals surface area contributed by atoms with Gasteiger partial charge in [0.1, 0.15) is 6.61 Å². The van der Waals surface area contributed by atoms with E-state index in [1.54, 1.807) is 18.2 Å². The van der Waals surface area contributed by atoms with Crippen molar-refractivity contribution in [3.8, 4) is 11.5 Å². The Morgan fingerprint density at radius 2 is 2.15 bits per heavy atom. The van der Waals surface area contributed by atoms with Gasteiger partial charge in [0.2, 0.25) is 5.91 Å². The van der Waals surface area contributed by atoms with Crippen molar-refractivity contribution in [2.75, 3.05) is 20.8 Å². The van der Waals surface area contributed by atoms with Crippen molar-refractivity contribution >= 4 is 11.9 Å². The lowest BCUT2D eigenvalue weighted by Gasteiger charge is -2.14.